The first-order valence-electron chi connectivity index (χ1n) is 7.02. The molecule has 3 heteroatoms. The maximum absolute atomic E-state index is 10.2. The maximum Gasteiger partial charge on any atom is 0.192 e. The van der Waals surface area contributed by atoms with Crippen molar-refractivity contribution in [2.24, 2.45) is 0 Å². The Morgan fingerprint density at radius 1 is 1.37 bits per heavy atom. The third-order valence-corrected chi connectivity index (χ3v) is 8.32. The first kappa shape index (κ1) is 18.4. The van der Waals surface area contributed by atoms with Crippen LogP contribution in [0.3, 0.4) is 0 Å². The predicted molar refractivity (Wildman–Crippen MR) is 85.6 cm³/mol. The van der Waals surface area contributed by atoms with Crippen LogP contribution in [0.5, 0.6) is 0 Å². The number of aliphatic hydroxyl groups excluding tert-OH is 1. The van der Waals surface area contributed by atoms with Crippen LogP contribution in [0, 0.1) is 11.8 Å². The molecule has 0 aliphatic rings. The van der Waals surface area contributed by atoms with Gasteiger partial charge in [0.25, 0.3) is 0 Å². The average Bonchev–Trinajstić information content (AvgIpc) is 2.26. The molecule has 0 aromatic rings. The van der Waals surface area contributed by atoms with Crippen LogP contribution in [0.1, 0.15) is 47.0 Å². The van der Waals surface area contributed by atoms with E-state index in [2.05, 4.69) is 52.3 Å². The van der Waals surface area contributed by atoms with Gasteiger partial charge in [0.2, 0.25) is 0 Å². The first-order chi connectivity index (χ1) is 8.65. The van der Waals surface area contributed by atoms with Crippen LogP contribution in [0.25, 0.3) is 0 Å². The molecule has 0 aromatic heterocycles. The molecule has 2 atom stereocenters. The van der Waals surface area contributed by atoms with E-state index in [1.807, 2.05) is 6.92 Å². The molecule has 1 N–H and O–H groups in total. The lowest BCUT2D eigenvalue weighted by Gasteiger charge is -2.40. The zero-order chi connectivity index (χ0) is 15.1. The van der Waals surface area contributed by atoms with Gasteiger partial charge in [-0.2, -0.15) is 0 Å². The highest BCUT2D eigenvalue weighted by Gasteiger charge is 2.40. The molecule has 0 aliphatic heterocycles. The Hall–Kier alpha value is -0.563. The van der Waals surface area contributed by atoms with E-state index in [4.69, 9.17) is 4.43 Å². The van der Waals surface area contributed by atoms with Crippen LogP contribution in [0.4, 0.5) is 0 Å². The second kappa shape index (κ2) is 7.89. The van der Waals surface area contributed by atoms with Gasteiger partial charge in [0.05, 0.1) is 12.2 Å². The van der Waals surface area contributed by atoms with E-state index in [0.29, 0.717) is 6.42 Å². The Labute approximate surface area is 120 Å². The van der Waals surface area contributed by atoms with E-state index in [9.17, 15) is 5.11 Å². The molecule has 0 radical (unpaired) electrons. The van der Waals surface area contributed by atoms with Crippen LogP contribution in [0.2, 0.25) is 18.1 Å². The molecule has 0 bridgehead atoms. The fourth-order valence-corrected chi connectivity index (χ4v) is 2.93. The summed E-state index contributed by atoms with van der Waals surface area (Å²) >= 11 is 0. The summed E-state index contributed by atoms with van der Waals surface area (Å²) in [7, 11) is -1.86. The van der Waals surface area contributed by atoms with Crippen molar-refractivity contribution in [3.05, 3.63) is 12.7 Å². The zero-order valence-corrected chi connectivity index (χ0v) is 14.4. The van der Waals surface area contributed by atoms with Gasteiger partial charge in [0.1, 0.15) is 0 Å². The lowest BCUT2D eigenvalue weighted by Crippen LogP contribution is -2.47. The Morgan fingerprint density at radius 2 is 1.95 bits per heavy atom. The second-order valence-electron chi connectivity index (χ2n) is 6.47. The molecule has 2 nitrogen and oxygen atoms in total. The van der Waals surface area contributed by atoms with Gasteiger partial charge in [-0.3, -0.25) is 0 Å². The lowest BCUT2D eigenvalue weighted by atomic mass is 10.1. The third kappa shape index (κ3) is 6.42. The second-order valence-corrected chi connectivity index (χ2v) is 11.2. The smallest absolute Gasteiger partial charge is 0.192 e. The Bertz CT molecular complexity index is 331. The molecule has 110 valence electrons. The standard InChI is InChI=1S/C16H30O2Si/c1-8-10-11-13-15(14(17)12-9-2)18-19(6,7)16(3,4)5/h9,14-15,17H,2,11-13H2,1,3-7H3/t14-,15-/m0/s1. The van der Waals surface area contributed by atoms with Crippen LogP contribution >= 0.6 is 0 Å². The number of rotatable bonds is 7. The molecule has 0 aromatic carbocycles. The van der Waals surface area contributed by atoms with Crippen molar-refractivity contribution in [3.63, 3.8) is 0 Å². The Kier molecular flexibility index (Phi) is 7.66. The lowest BCUT2D eigenvalue weighted by molar-refractivity contribution is 0.0255. The van der Waals surface area contributed by atoms with Crippen molar-refractivity contribution in [2.45, 2.75) is 77.3 Å². The highest BCUT2D eigenvalue weighted by Crippen LogP contribution is 2.38. The summed E-state index contributed by atoms with van der Waals surface area (Å²) in [6.45, 7) is 16.6. The van der Waals surface area contributed by atoms with E-state index in [1.165, 1.54) is 0 Å². The van der Waals surface area contributed by atoms with Gasteiger partial charge in [-0.25, -0.2) is 0 Å². The van der Waals surface area contributed by atoms with E-state index in [1.54, 1.807) is 6.08 Å². The van der Waals surface area contributed by atoms with Gasteiger partial charge >= 0.3 is 0 Å². The topological polar surface area (TPSA) is 29.5 Å². The largest absolute Gasteiger partial charge is 0.411 e. The zero-order valence-electron chi connectivity index (χ0n) is 13.4. The monoisotopic (exact) mass is 282 g/mol. The van der Waals surface area contributed by atoms with Gasteiger partial charge < -0.3 is 9.53 Å². The fraction of sp³-hybridized carbons (Fsp3) is 0.750. The summed E-state index contributed by atoms with van der Waals surface area (Å²) in [4.78, 5) is 0. The minimum Gasteiger partial charge on any atom is -0.411 e. The minimum atomic E-state index is -1.86. The normalized spacial score (nSPS) is 15.3. The summed E-state index contributed by atoms with van der Waals surface area (Å²) in [5.74, 6) is 5.94. The third-order valence-electron chi connectivity index (χ3n) is 3.82. The molecule has 0 rings (SSSR count). The van der Waals surface area contributed by atoms with Crippen molar-refractivity contribution < 1.29 is 9.53 Å². The summed E-state index contributed by atoms with van der Waals surface area (Å²) in [6, 6.07) is 0. The van der Waals surface area contributed by atoms with Crippen LogP contribution in [-0.4, -0.2) is 25.6 Å². The van der Waals surface area contributed by atoms with Crippen molar-refractivity contribution in [1.29, 1.82) is 0 Å². The summed E-state index contributed by atoms with van der Waals surface area (Å²) in [5.41, 5.74) is 0. The highest BCUT2D eigenvalue weighted by atomic mass is 28.4. The molecule has 0 unspecified atom stereocenters. The molecule has 0 saturated carbocycles. The van der Waals surface area contributed by atoms with E-state index >= 15 is 0 Å². The Balaban J connectivity index is 4.81. The molecule has 0 aliphatic carbocycles. The molecule has 0 amide bonds. The molecular weight excluding hydrogens is 252 g/mol. The van der Waals surface area contributed by atoms with E-state index in [-0.39, 0.29) is 11.1 Å². The molecule has 0 fully saturated rings. The first-order valence-corrected chi connectivity index (χ1v) is 9.93. The van der Waals surface area contributed by atoms with Crippen LogP contribution in [-0.2, 0) is 4.43 Å². The quantitative estimate of drug-likeness (QED) is 0.432. The van der Waals surface area contributed by atoms with Gasteiger partial charge in [-0.15, -0.1) is 18.4 Å². The molecule has 0 spiro atoms. The van der Waals surface area contributed by atoms with Crippen molar-refractivity contribution in [3.8, 4) is 11.8 Å². The molecule has 0 heterocycles. The van der Waals surface area contributed by atoms with Gasteiger partial charge in [-0.05, 0) is 37.9 Å². The highest BCUT2D eigenvalue weighted by molar-refractivity contribution is 6.74. The van der Waals surface area contributed by atoms with Crippen molar-refractivity contribution >= 4 is 8.32 Å². The Morgan fingerprint density at radius 3 is 2.37 bits per heavy atom. The summed E-state index contributed by atoms with van der Waals surface area (Å²) in [6.07, 6.45) is 3.24. The van der Waals surface area contributed by atoms with Crippen molar-refractivity contribution in [2.75, 3.05) is 0 Å². The van der Waals surface area contributed by atoms with Crippen LogP contribution < -0.4 is 0 Å². The van der Waals surface area contributed by atoms with E-state index in [0.717, 1.165) is 12.8 Å². The molecular formula is C16H30O2Si. The number of hydrogen-bond donors (Lipinski definition) is 1. The minimum absolute atomic E-state index is 0.139. The maximum atomic E-state index is 10.2. The number of aliphatic hydroxyl groups is 1. The van der Waals surface area contributed by atoms with Crippen LogP contribution in [0.15, 0.2) is 12.7 Å². The average molecular weight is 282 g/mol. The molecule has 0 saturated heterocycles. The van der Waals surface area contributed by atoms with Gasteiger partial charge in [-0.1, -0.05) is 26.8 Å². The predicted octanol–water partition coefficient (Wildman–Crippen LogP) is 4.12. The summed E-state index contributed by atoms with van der Waals surface area (Å²) < 4.78 is 6.34. The number of hydrogen-bond acceptors (Lipinski definition) is 2. The van der Waals surface area contributed by atoms with Gasteiger partial charge in [0.15, 0.2) is 8.32 Å². The van der Waals surface area contributed by atoms with E-state index < -0.39 is 14.4 Å². The van der Waals surface area contributed by atoms with Crippen molar-refractivity contribution in [1.82, 2.24) is 0 Å². The SMILES string of the molecule is C=CC[C@H](O)[C@H](CCC#CC)O[Si](C)(C)C(C)(C)C. The summed E-state index contributed by atoms with van der Waals surface area (Å²) in [5, 5.41) is 10.4. The fourth-order valence-electron chi connectivity index (χ4n) is 1.55. The van der Waals surface area contributed by atoms with Gasteiger partial charge in [0, 0.05) is 6.42 Å². The molecule has 19 heavy (non-hydrogen) atoms.